The number of nitrogens with zero attached hydrogens (tertiary/aromatic N) is 3. The summed E-state index contributed by atoms with van der Waals surface area (Å²) in [6.45, 7) is 5.69. The van der Waals surface area contributed by atoms with Crippen molar-refractivity contribution in [3.63, 3.8) is 0 Å². The zero-order valence-electron chi connectivity index (χ0n) is 13.7. The van der Waals surface area contributed by atoms with Crippen molar-refractivity contribution < 1.29 is 17.9 Å². The molecule has 1 saturated heterocycles. The summed E-state index contributed by atoms with van der Waals surface area (Å²) in [7, 11) is 2.07. The number of fused-ring (bicyclic) bond motifs is 1. The Morgan fingerprint density at radius 2 is 1.83 bits per heavy atom. The molecule has 130 valence electrons. The minimum atomic E-state index is -4.42. The Labute approximate surface area is 138 Å². The molecule has 1 aliphatic rings. The molecule has 0 saturated carbocycles. The Balaban J connectivity index is 2.03. The first-order valence-electron chi connectivity index (χ1n) is 7.96. The Bertz CT molecular complexity index is 725. The van der Waals surface area contributed by atoms with Crippen LogP contribution in [0.5, 0.6) is 5.75 Å². The highest BCUT2D eigenvalue weighted by Crippen LogP contribution is 2.37. The molecule has 2 aromatic rings. The largest absolute Gasteiger partial charge is 0.493 e. The third-order valence-electron chi connectivity index (χ3n) is 4.24. The van der Waals surface area contributed by atoms with Gasteiger partial charge in [0.05, 0.1) is 29.6 Å². The van der Waals surface area contributed by atoms with E-state index in [1.807, 2.05) is 6.07 Å². The Hall–Kier alpha value is -2.02. The van der Waals surface area contributed by atoms with Crippen LogP contribution in [0.4, 0.5) is 18.9 Å². The number of rotatable bonds is 3. The monoisotopic (exact) mass is 339 g/mol. The minimum Gasteiger partial charge on any atom is -0.493 e. The summed E-state index contributed by atoms with van der Waals surface area (Å²) in [4.78, 5) is 8.69. The summed E-state index contributed by atoms with van der Waals surface area (Å²) < 4.78 is 44.6. The van der Waals surface area contributed by atoms with Crippen LogP contribution in [-0.2, 0) is 6.18 Å². The quantitative estimate of drug-likeness (QED) is 0.857. The molecular weight excluding hydrogens is 319 g/mol. The maximum atomic E-state index is 13.0. The molecule has 7 heteroatoms. The predicted octanol–water partition coefficient (Wildman–Crippen LogP) is 3.40. The lowest BCUT2D eigenvalue weighted by Crippen LogP contribution is -2.44. The highest BCUT2D eigenvalue weighted by atomic mass is 19.4. The van der Waals surface area contributed by atoms with Gasteiger partial charge in [-0.25, -0.2) is 0 Å². The molecule has 0 unspecified atom stereocenters. The standard InChI is InChI=1S/C17H20F3N3O/c1-3-24-16-9-12(17(18,19)20)8-15-14(16)10-13(11-21-15)23-6-4-22(2)5-7-23/h8-11H,3-7H2,1-2H3. The van der Waals surface area contributed by atoms with Gasteiger partial charge >= 0.3 is 6.18 Å². The van der Waals surface area contributed by atoms with Gasteiger partial charge in [-0.05, 0) is 32.2 Å². The SMILES string of the molecule is CCOc1cc(C(F)(F)F)cc2ncc(N3CCN(C)CC3)cc12. The summed E-state index contributed by atoms with van der Waals surface area (Å²) in [6.07, 6.45) is -2.78. The van der Waals surface area contributed by atoms with Crippen molar-refractivity contribution in [3.8, 4) is 5.75 Å². The van der Waals surface area contributed by atoms with Gasteiger partial charge in [0.1, 0.15) is 5.75 Å². The molecule has 1 aliphatic heterocycles. The van der Waals surface area contributed by atoms with Gasteiger partial charge in [-0.2, -0.15) is 13.2 Å². The number of piperazine rings is 1. The van der Waals surface area contributed by atoms with Gasteiger partial charge in [-0.15, -0.1) is 0 Å². The summed E-state index contributed by atoms with van der Waals surface area (Å²) in [5.41, 5.74) is 0.473. The zero-order chi connectivity index (χ0) is 17.3. The third kappa shape index (κ3) is 3.40. The van der Waals surface area contributed by atoms with Crippen LogP contribution in [0.3, 0.4) is 0 Å². The normalized spacial score (nSPS) is 16.6. The van der Waals surface area contributed by atoms with Gasteiger partial charge in [-0.1, -0.05) is 0 Å². The van der Waals surface area contributed by atoms with Crippen molar-refractivity contribution in [2.75, 3.05) is 44.7 Å². The first-order chi connectivity index (χ1) is 11.4. The molecule has 0 atom stereocenters. The molecule has 0 N–H and O–H groups in total. The van der Waals surface area contributed by atoms with Crippen LogP contribution < -0.4 is 9.64 Å². The van der Waals surface area contributed by atoms with Gasteiger partial charge in [0, 0.05) is 31.6 Å². The number of halogens is 3. The molecule has 0 aliphatic carbocycles. The number of ether oxygens (including phenoxy) is 1. The average molecular weight is 339 g/mol. The Morgan fingerprint density at radius 1 is 1.12 bits per heavy atom. The van der Waals surface area contributed by atoms with Crippen molar-refractivity contribution in [1.29, 1.82) is 0 Å². The van der Waals surface area contributed by atoms with Gasteiger partial charge in [0.2, 0.25) is 0 Å². The lowest BCUT2D eigenvalue weighted by atomic mass is 10.1. The maximum Gasteiger partial charge on any atom is 0.416 e. The number of anilines is 1. The van der Waals surface area contributed by atoms with Crippen LogP contribution in [0.1, 0.15) is 12.5 Å². The second kappa shape index (κ2) is 6.47. The van der Waals surface area contributed by atoms with Gasteiger partial charge < -0.3 is 14.5 Å². The van der Waals surface area contributed by atoms with E-state index in [9.17, 15) is 13.2 Å². The van der Waals surface area contributed by atoms with E-state index in [1.54, 1.807) is 13.1 Å². The third-order valence-corrected chi connectivity index (χ3v) is 4.24. The number of aromatic nitrogens is 1. The Kier molecular flexibility index (Phi) is 4.54. The van der Waals surface area contributed by atoms with Gasteiger partial charge in [0.25, 0.3) is 0 Å². The number of likely N-dealkylation sites (N-methyl/N-ethyl adjacent to an activating group) is 1. The fourth-order valence-corrected chi connectivity index (χ4v) is 2.86. The lowest BCUT2D eigenvalue weighted by Gasteiger charge is -2.34. The highest BCUT2D eigenvalue weighted by molar-refractivity contribution is 5.88. The first kappa shape index (κ1) is 16.8. The lowest BCUT2D eigenvalue weighted by molar-refractivity contribution is -0.137. The van der Waals surface area contributed by atoms with E-state index in [0.717, 1.165) is 44.0 Å². The maximum absolute atomic E-state index is 13.0. The molecule has 0 bridgehead atoms. The van der Waals surface area contributed by atoms with Crippen molar-refractivity contribution in [1.82, 2.24) is 9.88 Å². The van der Waals surface area contributed by atoms with E-state index in [1.165, 1.54) is 0 Å². The second-order valence-electron chi connectivity index (χ2n) is 5.96. The second-order valence-corrected chi connectivity index (χ2v) is 5.96. The van der Waals surface area contributed by atoms with Gasteiger partial charge in [-0.3, -0.25) is 4.98 Å². The van der Waals surface area contributed by atoms with Crippen molar-refractivity contribution in [2.24, 2.45) is 0 Å². The van der Waals surface area contributed by atoms with Gasteiger partial charge in [0.15, 0.2) is 0 Å². The van der Waals surface area contributed by atoms with E-state index in [-0.39, 0.29) is 5.75 Å². The molecule has 0 radical (unpaired) electrons. The fraction of sp³-hybridized carbons (Fsp3) is 0.471. The van der Waals surface area contributed by atoms with E-state index in [4.69, 9.17) is 4.74 Å². The van der Waals surface area contributed by atoms with E-state index >= 15 is 0 Å². The molecule has 4 nitrogen and oxygen atoms in total. The highest BCUT2D eigenvalue weighted by Gasteiger charge is 2.32. The molecule has 0 spiro atoms. The van der Waals surface area contributed by atoms with Crippen LogP contribution in [0.25, 0.3) is 10.9 Å². The van der Waals surface area contributed by atoms with Crippen LogP contribution in [0.15, 0.2) is 24.4 Å². The summed E-state index contributed by atoms with van der Waals surface area (Å²) in [5, 5.41) is 0.612. The van der Waals surface area contributed by atoms with Crippen molar-refractivity contribution in [2.45, 2.75) is 13.1 Å². The number of alkyl halides is 3. The molecule has 1 fully saturated rings. The molecule has 1 aromatic heterocycles. The molecular formula is C17H20F3N3O. The summed E-state index contributed by atoms with van der Waals surface area (Å²) >= 11 is 0. The molecule has 0 amide bonds. The molecule has 3 rings (SSSR count). The van der Waals surface area contributed by atoms with Crippen molar-refractivity contribution >= 4 is 16.6 Å². The zero-order valence-corrected chi connectivity index (χ0v) is 13.7. The number of hydrogen-bond acceptors (Lipinski definition) is 4. The number of pyridine rings is 1. The summed E-state index contributed by atoms with van der Waals surface area (Å²) in [5.74, 6) is 0.228. The van der Waals surface area contributed by atoms with E-state index < -0.39 is 11.7 Å². The van der Waals surface area contributed by atoms with E-state index in [0.29, 0.717) is 17.5 Å². The van der Waals surface area contributed by atoms with Crippen LogP contribution in [0, 0.1) is 0 Å². The molecule has 1 aromatic carbocycles. The smallest absolute Gasteiger partial charge is 0.416 e. The molecule has 24 heavy (non-hydrogen) atoms. The fourth-order valence-electron chi connectivity index (χ4n) is 2.86. The van der Waals surface area contributed by atoms with Crippen LogP contribution in [0.2, 0.25) is 0 Å². The minimum absolute atomic E-state index is 0.228. The predicted molar refractivity (Wildman–Crippen MR) is 87.6 cm³/mol. The molecule has 2 heterocycles. The van der Waals surface area contributed by atoms with Crippen molar-refractivity contribution in [3.05, 3.63) is 30.0 Å². The average Bonchev–Trinajstić information content (AvgIpc) is 2.54. The van der Waals surface area contributed by atoms with E-state index in [2.05, 4.69) is 21.8 Å². The first-order valence-corrected chi connectivity index (χ1v) is 7.96. The Morgan fingerprint density at radius 3 is 2.46 bits per heavy atom. The number of hydrogen-bond donors (Lipinski definition) is 0. The van der Waals surface area contributed by atoms with Crippen LogP contribution >= 0.6 is 0 Å². The van der Waals surface area contributed by atoms with Crippen LogP contribution in [-0.4, -0.2) is 49.7 Å². The summed E-state index contributed by atoms with van der Waals surface area (Å²) in [6, 6.07) is 4.01. The topological polar surface area (TPSA) is 28.6 Å². The number of benzene rings is 1.